The Balaban J connectivity index is 2.04. The van der Waals surface area contributed by atoms with Crippen LogP contribution < -0.4 is 0 Å². The smallest absolute Gasteiger partial charge is 0.0496 e. The molecule has 0 saturated carbocycles. The Bertz CT molecular complexity index is 1180. The number of fused-ring (bicyclic) bond motifs is 6. The van der Waals surface area contributed by atoms with Gasteiger partial charge in [0.2, 0.25) is 0 Å². The van der Waals surface area contributed by atoms with E-state index < -0.39 is 0 Å². The number of aromatic nitrogens is 2. The molecular weight excluding hydrogens is 292 g/mol. The minimum atomic E-state index is 1.30. The summed E-state index contributed by atoms with van der Waals surface area (Å²) in [5.41, 5.74) is 7.83. The maximum absolute atomic E-state index is 2.36. The van der Waals surface area contributed by atoms with Gasteiger partial charge in [0.05, 0.1) is 0 Å². The molecule has 24 heavy (non-hydrogen) atoms. The largest absolute Gasteiger partial charge is 0.344 e. The third-order valence-electron chi connectivity index (χ3n) is 5.45. The van der Waals surface area contributed by atoms with E-state index in [2.05, 4.69) is 85.6 Å². The van der Waals surface area contributed by atoms with Gasteiger partial charge in [0.15, 0.2) is 0 Å². The summed E-state index contributed by atoms with van der Waals surface area (Å²) in [5.74, 6) is 0. The lowest BCUT2D eigenvalue weighted by atomic mass is 10.1. The van der Waals surface area contributed by atoms with Gasteiger partial charge in [-0.2, -0.15) is 0 Å². The van der Waals surface area contributed by atoms with Crippen molar-refractivity contribution in [2.45, 2.75) is 13.8 Å². The Morgan fingerprint density at radius 2 is 0.875 bits per heavy atom. The lowest BCUT2D eigenvalue weighted by molar-refractivity contribution is 1.01. The van der Waals surface area contributed by atoms with Crippen LogP contribution in [0, 0.1) is 13.8 Å². The Kier molecular flexibility index (Phi) is 2.52. The second-order valence-electron chi connectivity index (χ2n) is 7.05. The van der Waals surface area contributed by atoms with Crippen molar-refractivity contribution in [3.05, 3.63) is 59.7 Å². The minimum absolute atomic E-state index is 1.30. The van der Waals surface area contributed by atoms with Crippen LogP contribution >= 0.6 is 0 Å². The van der Waals surface area contributed by atoms with E-state index in [9.17, 15) is 0 Å². The second-order valence-corrected chi connectivity index (χ2v) is 7.05. The van der Waals surface area contributed by atoms with Crippen molar-refractivity contribution in [2.24, 2.45) is 14.1 Å². The summed E-state index contributed by atoms with van der Waals surface area (Å²) in [6.45, 7) is 4.31. The summed E-state index contributed by atoms with van der Waals surface area (Å²) < 4.78 is 4.65. The molecule has 0 spiro atoms. The first-order valence-corrected chi connectivity index (χ1v) is 8.42. The van der Waals surface area contributed by atoms with Gasteiger partial charge in [0.25, 0.3) is 0 Å². The number of benzene rings is 3. The van der Waals surface area contributed by atoms with E-state index in [1.165, 1.54) is 54.7 Å². The molecule has 5 rings (SSSR count). The van der Waals surface area contributed by atoms with E-state index in [1.807, 2.05) is 0 Å². The van der Waals surface area contributed by atoms with Crippen LogP contribution in [0.4, 0.5) is 0 Å². The molecule has 2 heterocycles. The molecule has 0 bridgehead atoms. The Morgan fingerprint density at radius 1 is 0.500 bits per heavy atom. The molecule has 5 aromatic rings. The van der Waals surface area contributed by atoms with Gasteiger partial charge in [-0.3, -0.25) is 0 Å². The Labute approximate surface area is 140 Å². The molecular formula is C22H20N2. The summed E-state index contributed by atoms with van der Waals surface area (Å²) in [7, 11) is 4.34. The lowest BCUT2D eigenvalue weighted by Crippen LogP contribution is -1.88. The van der Waals surface area contributed by atoms with E-state index >= 15 is 0 Å². The normalized spacial score (nSPS) is 12.2. The second kappa shape index (κ2) is 4.41. The van der Waals surface area contributed by atoms with E-state index in [1.54, 1.807) is 0 Å². The fourth-order valence-corrected chi connectivity index (χ4v) is 4.12. The van der Waals surface area contributed by atoms with Crippen molar-refractivity contribution < 1.29 is 0 Å². The Hall–Kier alpha value is -2.74. The monoisotopic (exact) mass is 312 g/mol. The molecule has 118 valence electrons. The van der Waals surface area contributed by atoms with Gasteiger partial charge in [-0.15, -0.1) is 0 Å². The molecule has 3 aromatic carbocycles. The molecule has 0 unspecified atom stereocenters. The number of rotatable bonds is 0. The van der Waals surface area contributed by atoms with Gasteiger partial charge in [0.1, 0.15) is 0 Å². The Morgan fingerprint density at radius 3 is 1.29 bits per heavy atom. The number of aryl methyl sites for hydroxylation is 4. The van der Waals surface area contributed by atoms with Gasteiger partial charge >= 0.3 is 0 Å². The van der Waals surface area contributed by atoms with E-state index in [0.717, 1.165) is 0 Å². The predicted molar refractivity (Wildman–Crippen MR) is 104 cm³/mol. The zero-order valence-electron chi connectivity index (χ0n) is 14.5. The minimum Gasteiger partial charge on any atom is -0.344 e. The lowest BCUT2D eigenvalue weighted by Gasteiger charge is -2.00. The van der Waals surface area contributed by atoms with Crippen LogP contribution in [0.1, 0.15) is 11.1 Å². The molecule has 0 fully saturated rings. The van der Waals surface area contributed by atoms with Gasteiger partial charge in [-0.25, -0.2) is 0 Å². The highest BCUT2D eigenvalue weighted by molar-refractivity contribution is 6.17. The summed E-state index contributed by atoms with van der Waals surface area (Å²) in [4.78, 5) is 0. The molecule has 0 atom stereocenters. The maximum atomic E-state index is 2.36. The summed E-state index contributed by atoms with van der Waals surface area (Å²) in [6, 6.07) is 18.2. The van der Waals surface area contributed by atoms with Crippen molar-refractivity contribution in [3.63, 3.8) is 0 Å². The van der Waals surface area contributed by atoms with Crippen molar-refractivity contribution in [1.82, 2.24) is 9.13 Å². The van der Waals surface area contributed by atoms with E-state index in [0.29, 0.717) is 0 Å². The van der Waals surface area contributed by atoms with Crippen LogP contribution in [0.15, 0.2) is 48.5 Å². The molecule has 0 aliphatic rings. The first-order chi connectivity index (χ1) is 11.5. The molecule has 0 N–H and O–H groups in total. The predicted octanol–water partition coefficient (Wildman–Crippen LogP) is 5.59. The van der Waals surface area contributed by atoms with Crippen molar-refractivity contribution >= 4 is 43.6 Å². The topological polar surface area (TPSA) is 9.86 Å². The average Bonchev–Trinajstić information content (AvgIpc) is 2.99. The molecule has 0 saturated heterocycles. The average molecular weight is 312 g/mol. The zero-order chi connectivity index (χ0) is 16.6. The van der Waals surface area contributed by atoms with Gasteiger partial charge in [-0.1, -0.05) is 24.3 Å². The van der Waals surface area contributed by atoms with Crippen molar-refractivity contribution in [3.8, 4) is 0 Å². The highest BCUT2D eigenvalue weighted by Gasteiger charge is 2.14. The molecule has 0 aliphatic carbocycles. The third kappa shape index (κ3) is 1.60. The van der Waals surface area contributed by atoms with Gasteiger partial charge < -0.3 is 9.13 Å². The first-order valence-electron chi connectivity index (χ1n) is 8.42. The van der Waals surface area contributed by atoms with Crippen molar-refractivity contribution in [2.75, 3.05) is 0 Å². The molecule has 0 radical (unpaired) electrons. The van der Waals surface area contributed by atoms with Gasteiger partial charge in [-0.05, 0) is 49.2 Å². The van der Waals surface area contributed by atoms with Crippen molar-refractivity contribution in [1.29, 1.82) is 0 Å². The molecule has 2 aromatic heterocycles. The van der Waals surface area contributed by atoms with E-state index in [-0.39, 0.29) is 0 Å². The highest BCUT2D eigenvalue weighted by atomic mass is 15.0. The molecule has 2 nitrogen and oxygen atoms in total. The maximum Gasteiger partial charge on any atom is 0.0496 e. The highest BCUT2D eigenvalue weighted by Crippen LogP contribution is 2.36. The number of nitrogens with zero attached hydrogens (tertiary/aromatic N) is 2. The standard InChI is InChI=1S/C22H20N2/c1-13-5-7-15-17-11-22-18(12-21(17)23(3)19(15)9-13)16-8-6-14(2)10-20(16)24(22)4/h5-12H,1-4H3. The van der Waals surface area contributed by atoms with Crippen LogP contribution in [0.25, 0.3) is 43.6 Å². The molecule has 0 amide bonds. The summed E-state index contributed by atoms with van der Waals surface area (Å²) in [6.07, 6.45) is 0. The molecule has 2 heteroatoms. The fraction of sp³-hybridized carbons (Fsp3) is 0.182. The number of hydrogen-bond donors (Lipinski definition) is 0. The first kappa shape index (κ1) is 13.7. The number of hydrogen-bond acceptors (Lipinski definition) is 0. The molecule has 0 aliphatic heterocycles. The van der Waals surface area contributed by atoms with Crippen LogP contribution in [0.2, 0.25) is 0 Å². The quantitative estimate of drug-likeness (QED) is 0.352. The van der Waals surface area contributed by atoms with Crippen LogP contribution in [-0.2, 0) is 14.1 Å². The van der Waals surface area contributed by atoms with Crippen LogP contribution in [-0.4, -0.2) is 9.13 Å². The third-order valence-corrected chi connectivity index (χ3v) is 5.45. The zero-order valence-corrected chi connectivity index (χ0v) is 14.5. The summed E-state index contributed by atoms with van der Waals surface area (Å²) >= 11 is 0. The SMILES string of the molecule is Cc1ccc2c3cc4c(cc3n(C)c2c1)c1ccc(C)cc1n4C. The summed E-state index contributed by atoms with van der Waals surface area (Å²) in [5, 5.41) is 5.34. The van der Waals surface area contributed by atoms with Crippen LogP contribution in [0.3, 0.4) is 0 Å². The van der Waals surface area contributed by atoms with Gasteiger partial charge in [0, 0.05) is 57.7 Å². The fourth-order valence-electron chi connectivity index (χ4n) is 4.12. The van der Waals surface area contributed by atoms with Crippen LogP contribution in [0.5, 0.6) is 0 Å². The van der Waals surface area contributed by atoms with E-state index in [4.69, 9.17) is 0 Å².